The SMILES string of the molecule is Cc1nc2c(C(=O)O)cc(-c3ccc(-c4cccc(OCCC5CCOCC5)c4)cc3)cc2[nH]1.O=C(O)C(F)(F)F. The van der Waals surface area contributed by atoms with Crippen molar-refractivity contribution in [3.63, 3.8) is 0 Å². The van der Waals surface area contributed by atoms with Crippen molar-refractivity contribution < 1.29 is 42.4 Å². The van der Waals surface area contributed by atoms with Crippen molar-refractivity contribution >= 4 is 23.0 Å². The molecule has 41 heavy (non-hydrogen) atoms. The molecule has 8 nitrogen and oxygen atoms in total. The van der Waals surface area contributed by atoms with Crippen LogP contribution in [0.1, 0.15) is 35.4 Å². The van der Waals surface area contributed by atoms with Crippen molar-refractivity contribution in [1.29, 1.82) is 0 Å². The minimum Gasteiger partial charge on any atom is -0.494 e. The number of carboxylic acids is 2. The van der Waals surface area contributed by atoms with Crippen LogP contribution in [0.3, 0.4) is 0 Å². The summed E-state index contributed by atoms with van der Waals surface area (Å²) >= 11 is 0. The van der Waals surface area contributed by atoms with E-state index in [2.05, 4.69) is 34.2 Å². The molecule has 1 fully saturated rings. The van der Waals surface area contributed by atoms with Crippen molar-refractivity contribution in [2.75, 3.05) is 19.8 Å². The second-order valence-electron chi connectivity index (χ2n) is 9.65. The maximum Gasteiger partial charge on any atom is 0.490 e. The Morgan fingerprint density at radius 3 is 2.22 bits per heavy atom. The first-order valence-electron chi connectivity index (χ1n) is 13.0. The molecule has 3 N–H and O–H groups in total. The summed E-state index contributed by atoms with van der Waals surface area (Å²) in [6.45, 7) is 4.27. The first kappa shape index (κ1) is 29.6. The number of aromatic amines is 1. The van der Waals surface area contributed by atoms with E-state index in [1.165, 1.54) is 0 Å². The number of hydrogen-bond donors (Lipinski definition) is 3. The smallest absolute Gasteiger partial charge is 0.490 e. The number of ether oxygens (including phenoxy) is 2. The second-order valence-corrected chi connectivity index (χ2v) is 9.65. The van der Waals surface area contributed by atoms with Gasteiger partial charge < -0.3 is 24.7 Å². The fourth-order valence-corrected chi connectivity index (χ4v) is 4.57. The zero-order valence-electron chi connectivity index (χ0n) is 22.2. The Morgan fingerprint density at radius 2 is 1.61 bits per heavy atom. The van der Waals surface area contributed by atoms with Gasteiger partial charge in [-0.3, -0.25) is 0 Å². The lowest BCUT2D eigenvalue weighted by atomic mass is 9.97. The minimum absolute atomic E-state index is 0.200. The Balaban J connectivity index is 0.000000493. The molecule has 11 heteroatoms. The third-order valence-electron chi connectivity index (χ3n) is 6.70. The van der Waals surface area contributed by atoms with Gasteiger partial charge in [-0.25, -0.2) is 14.6 Å². The van der Waals surface area contributed by atoms with Crippen LogP contribution in [-0.4, -0.2) is 58.1 Å². The Bertz CT molecular complexity index is 1510. The summed E-state index contributed by atoms with van der Waals surface area (Å²) in [4.78, 5) is 28.1. The average molecular weight is 571 g/mol. The van der Waals surface area contributed by atoms with E-state index in [-0.39, 0.29) is 5.56 Å². The highest BCUT2D eigenvalue weighted by Crippen LogP contribution is 2.30. The number of aliphatic carboxylic acids is 1. The monoisotopic (exact) mass is 570 g/mol. The number of aryl methyl sites for hydroxylation is 1. The molecule has 0 spiro atoms. The van der Waals surface area contributed by atoms with E-state index in [0.717, 1.165) is 66.0 Å². The molecule has 216 valence electrons. The number of rotatable bonds is 7. The molecular weight excluding hydrogens is 541 g/mol. The van der Waals surface area contributed by atoms with Gasteiger partial charge in [-0.2, -0.15) is 13.2 Å². The molecule has 5 rings (SSSR count). The number of nitrogens with zero attached hydrogens (tertiary/aromatic N) is 1. The number of carbonyl (C=O) groups is 2. The molecule has 1 aliphatic rings. The van der Waals surface area contributed by atoms with Crippen molar-refractivity contribution in [2.45, 2.75) is 32.4 Å². The predicted octanol–water partition coefficient (Wildman–Crippen LogP) is 6.73. The van der Waals surface area contributed by atoms with Crippen molar-refractivity contribution in [1.82, 2.24) is 9.97 Å². The standard InChI is InChI=1S/C28H28N2O4.C2HF3O2/c1-18-29-26-17-23(16-25(28(31)32)27(26)30-18)21-7-5-20(6-8-21)22-3-2-4-24(15-22)34-14-11-19-9-12-33-13-10-19;3-2(4,5)1(6)7/h2-8,15-17,19H,9-14H2,1H3,(H,29,30)(H,31,32);(H,6,7). The molecule has 1 saturated heterocycles. The number of alkyl halides is 3. The van der Waals surface area contributed by atoms with E-state index in [9.17, 15) is 23.1 Å². The number of aromatic nitrogens is 2. The van der Waals surface area contributed by atoms with E-state index in [1.54, 1.807) is 6.07 Å². The molecule has 0 atom stereocenters. The molecule has 0 bridgehead atoms. The summed E-state index contributed by atoms with van der Waals surface area (Å²) in [5, 5.41) is 16.8. The van der Waals surface area contributed by atoms with Crippen LogP contribution < -0.4 is 4.74 Å². The number of carboxylic acid groups (broad SMARTS) is 2. The number of nitrogens with one attached hydrogen (secondary N) is 1. The minimum atomic E-state index is -5.08. The van der Waals surface area contributed by atoms with Crippen LogP contribution in [0.2, 0.25) is 0 Å². The van der Waals surface area contributed by atoms with Crippen molar-refractivity contribution in [3.05, 3.63) is 72.1 Å². The molecule has 1 aromatic heterocycles. The van der Waals surface area contributed by atoms with Crippen LogP contribution in [0.15, 0.2) is 60.7 Å². The van der Waals surface area contributed by atoms with Gasteiger partial charge in [0.25, 0.3) is 0 Å². The normalized spacial score (nSPS) is 13.9. The molecule has 3 aromatic carbocycles. The van der Waals surface area contributed by atoms with Gasteiger partial charge in [-0.05, 0) is 78.6 Å². The molecule has 0 unspecified atom stereocenters. The second kappa shape index (κ2) is 12.9. The molecule has 0 aliphatic carbocycles. The molecular formula is C30H29F3N2O6. The van der Waals surface area contributed by atoms with Gasteiger partial charge in [0, 0.05) is 13.2 Å². The molecule has 0 radical (unpaired) electrons. The maximum absolute atomic E-state index is 11.8. The summed E-state index contributed by atoms with van der Waals surface area (Å²) in [6.07, 6.45) is -1.78. The quantitative estimate of drug-likeness (QED) is 0.225. The number of H-pyrrole nitrogens is 1. The zero-order valence-corrected chi connectivity index (χ0v) is 22.2. The third-order valence-corrected chi connectivity index (χ3v) is 6.70. The Hall–Kier alpha value is -4.38. The summed E-state index contributed by atoms with van der Waals surface area (Å²) < 4.78 is 43.2. The summed E-state index contributed by atoms with van der Waals surface area (Å²) in [5.74, 6) is -1.48. The van der Waals surface area contributed by atoms with Gasteiger partial charge in [0.1, 0.15) is 17.1 Å². The zero-order chi connectivity index (χ0) is 29.6. The van der Waals surface area contributed by atoms with Crippen LogP contribution in [-0.2, 0) is 9.53 Å². The van der Waals surface area contributed by atoms with Gasteiger partial charge in [0.2, 0.25) is 0 Å². The van der Waals surface area contributed by atoms with E-state index in [0.29, 0.717) is 23.9 Å². The Morgan fingerprint density at radius 1 is 0.976 bits per heavy atom. The van der Waals surface area contributed by atoms with Crippen molar-refractivity contribution in [2.24, 2.45) is 5.92 Å². The number of imidazole rings is 1. The highest BCUT2D eigenvalue weighted by atomic mass is 19.4. The molecule has 1 aliphatic heterocycles. The number of benzene rings is 3. The molecule has 0 saturated carbocycles. The van der Waals surface area contributed by atoms with Gasteiger partial charge in [0.15, 0.2) is 0 Å². The Kier molecular flexibility index (Phi) is 9.28. The third kappa shape index (κ3) is 7.85. The number of hydrogen-bond acceptors (Lipinski definition) is 5. The van der Waals surface area contributed by atoms with Crippen LogP contribution in [0.4, 0.5) is 13.2 Å². The van der Waals surface area contributed by atoms with Crippen LogP contribution in [0.5, 0.6) is 5.75 Å². The van der Waals surface area contributed by atoms with Crippen molar-refractivity contribution in [3.8, 4) is 28.0 Å². The van der Waals surface area contributed by atoms with Crippen LogP contribution in [0.25, 0.3) is 33.3 Å². The van der Waals surface area contributed by atoms with E-state index < -0.39 is 18.1 Å². The highest BCUT2D eigenvalue weighted by molar-refractivity contribution is 6.03. The lowest BCUT2D eigenvalue weighted by molar-refractivity contribution is -0.192. The average Bonchev–Trinajstić information content (AvgIpc) is 3.33. The Labute approximate surface area is 233 Å². The molecule has 4 aromatic rings. The summed E-state index contributed by atoms with van der Waals surface area (Å²) in [6, 6.07) is 19.9. The van der Waals surface area contributed by atoms with E-state index in [4.69, 9.17) is 19.4 Å². The summed E-state index contributed by atoms with van der Waals surface area (Å²) in [5.41, 5.74) is 5.36. The van der Waals surface area contributed by atoms with Crippen LogP contribution in [0, 0.1) is 12.8 Å². The van der Waals surface area contributed by atoms with Gasteiger partial charge in [-0.1, -0.05) is 36.4 Å². The van der Waals surface area contributed by atoms with Gasteiger partial charge in [-0.15, -0.1) is 0 Å². The topological polar surface area (TPSA) is 122 Å². The molecule has 0 amide bonds. The largest absolute Gasteiger partial charge is 0.494 e. The first-order chi connectivity index (χ1) is 19.5. The van der Waals surface area contributed by atoms with E-state index in [1.807, 2.05) is 37.3 Å². The summed E-state index contributed by atoms with van der Waals surface area (Å²) in [7, 11) is 0. The maximum atomic E-state index is 11.8. The van der Waals surface area contributed by atoms with Gasteiger partial charge in [0.05, 0.1) is 17.7 Å². The first-order valence-corrected chi connectivity index (χ1v) is 13.0. The number of halogens is 3. The lowest BCUT2D eigenvalue weighted by Crippen LogP contribution is -2.21. The fourth-order valence-electron chi connectivity index (χ4n) is 4.57. The fraction of sp³-hybridized carbons (Fsp3) is 0.300. The lowest BCUT2D eigenvalue weighted by Gasteiger charge is -2.21. The number of aromatic carboxylic acids is 1. The van der Waals surface area contributed by atoms with Crippen LogP contribution >= 0.6 is 0 Å². The predicted molar refractivity (Wildman–Crippen MR) is 146 cm³/mol. The van der Waals surface area contributed by atoms with Gasteiger partial charge >= 0.3 is 18.1 Å². The molecule has 2 heterocycles. The highest BCUT2D eigenvalue weighted by Gasteiger charge is 2.38. The van der Waals surface area contributed by atoms with E-state index >= 15 is 0 Å². The number of fused-ring (bicyclic) bond motifs is 1.